The molecule has 0 fully saturated rings. The number of thiophene rings is 1. The van der Waals surface area contributed by atoms with Gasteiger partial charge in [-0.05, 0) is 42.3 Å². The van der Waals surface area contributed by atoms with Gasteiger partial charge in [0.05, 0.1) is 17.2 Å². The lowest BCUT2D eigenvalue weighted by Gasteiger charge is -2.14. The third kappa shape index (κ3) is 6.08. The van der Waals surface area contributed by atoms with Crippen molar-refractivity contribution in [2.45, 2.75) is 37.5 Å². The summed E-state index contributed by atoms with van der Waals surface area (Å²) in [5.74, 6) is 1.16. The Balaban J connectivity index is 1.37. The van der Waals surface area contributed by atoms with Crippen molar-refractivity contribution in [2.24, 2.45) is 0 Å². The van der Waals surface area contributed by atoms with Crippen LogP contribution in [0.3, 0.4) is 0 Å². The van der Waals surface area contributed by atoms with Crippen molar-refractivity contribution in [1.29, 1.82) is 0 Å². The van der Waals surface area contributed by atoms with Gasteiger partial charge in [0.25, 0.3) is 0 Å². The molecule has 164 valence electrons. The second-order valence-corrected chi connectivity index (χ2v) is 9.53. The number of carbonyl (C=O) groups is 1. The van der Waals surface area contributed by atoms with Crippen molar-refractivity contribution < 1.29 is 4.79 Å². The van der Waals surface area contributed by atoms with Crippen LogP contribution in [0.1, 0.15) is 24.5 Å². The van der Waals surface area contributed by atoms with Gasteiger partial charge in [-0.15, -0.1) is 21.5 Å². The van der Waals surface area contributed by atoms with E-state index in [0.29, 0.717) is 12.3 Å². The molecule has 5 nitrogen and oxygen atoms in total. The maximum Gasteiger partial charge on any atom is 0.230 e. The molecule has 0 saturated carbocycles. The predicted molar refractivity (Wildman–Crippen MR) is 132 cm³/mol. The van der Waals surface area contributed by atoms with Gasteiger partial charge in [-0.2, -0.15) is 0 Å². The smallest absolute Gasteiger partial charge is 0.230 e. The molecule has 0 aliphatic heterocycles. The molecule has 7 heteroatoms. The van der Waals surface area contributed by atoms with Crippen LogP contribution in [0.2, 0.25) is 0 Å². The van der Waals surface area contributed by atoms with E-state index in [4.69, 9.17) is 0 Å². The molecule has 2 heterocycles. The van der Waals surface area contributed by atoms with E-state index in [1.807, 2.05) is 53.9 Å². The molecule has 32 heavy (non-hydrogen) atoms. The van der Waals surface area contributed by atoms with Crippen LogP contribution in [0.25, 0.3) is 10.7 Å². The van der Waals surface area contributed by atoms with Crippen LogP contribution in [0.4, 0.5) is 0 Å². The van der Waals surface area contributed by atoms with Crippen molar-refractivity contribution in [3.63, 3.8) is 0 Å². The number of benzene rings is 2. The highest BCUT2D eigenvalue weighted by Gasteiger charge is 2.17. The molecular weight excluding hydrogens is 436 g/mol. The second kappa shape index (κ2) is 11.1. The molecule has 0 spiro atoms. The first-order chi connectivity index (χ1) is 15.7. The quantitative estimate of drug-likeness (QED) is 0.326. The number of hydrogen-bond donors (Lipinski definition) is 1. The molecule has 2 aromatic heterocycles. The van der Waals surface area contributed by atoms with Gasteiger partial charge in [-0.3, -0.25) is 9.36 Å². The average molecular weight is 463 g/mol. The number of nitrogens with one attached hydrogen (secondary N) is 1. The Morgan fingerprint density at radius 2 is 1.72 bits per heavy atom. The first kappa shape index (κ1) is 22.3. The van der Waals surface area contributed by atoms with Crippen molar-refractivity contribution in [2.75, 3.05) is 5.75 Å². The summed E-state index contributed by atoms with van der Waals surface area (Å²) in [7, 11) is 0. The summed E-state index contributed by atoms with van der Waals surface area (Å²) >= 11 is 3.07. The number of hydrogen-bond acceptors (Lipinski definition) is 5. The van der Waals surface area contributed by atoms with Gasteiger partial charge < -0.3 is 5.32 Å². The van der Waals surface area contributed by atoms with Crippen LogP contribution < -0.4 is 5.32 Å². The van der Waals surface area contributed by atoms with Crippen LogP contribution in [-0.4, -0.2) is 32.5 Å². The largest absolute Gasteiger partial charge is 0.353 e. The Kier molecular flexibility index (Phi) is 7.74. The van der Waals surface area contributed by atoms with Gasteiger partial charge in [-0.1, -0.05) is 78.5 Å². The van der Waals surface area contributed by atoms with Gasteiger partial charge >= 0.3 is 0 Å². The number of aryl methyl sites for hydroxylation is 1. The lowest BCUT2D eigenvalue weighted by atomic mass is 10.1. The first-order valence-electron chi connectivity index (χ1n) is 10.7. The van der Waals surface area contributed by atoms with Gasteiger partial charge in [0.2, 0.25) is 5.91 Å². The maximum absolute atomic E-state index is 12.6. The standard InChI is InChI=1S/C25H26N4OS2/c1-19(14-15-20-9-4-2-5-10-20)26-23(30)18-32-25-28-27-24(22-13-8-16-31-22)29(25)17-21-11-6-3-7-12-21/h2-13,16,19H,14-15,17-18H2,1H3,(H,26,30). The monoisotopic (exact) mass is 462 g/mol. The fraction of sp³-hybridized carbons (Fsp3) is 0.240. The molecule has 2 aromatic carbocycles. The Morgan fingerprint density at radius 3 is 2.41 bits per heavy atom. The third-order valence-electron chi connectivity index (χ3n) is 5.09. The van der Waals surface area contributed by atoms with Gasteiger partial charge in [-0.25, -0.2) is 0 Å². The summed E-state index contributed by atoms with van der Waals surface area (Å²) in [6.45, 7) is 2.72. The maximum atomic E-state index is 12.6. The fourth-order valence-electron chi connectivity index (χ4n) is 3.44. The Morgan fingerprint density at radius 1 is 1.00 bits per heavy atom. The highest BCUT2D eigenvalue weighted by Crippen LogP contribution is 2.28. The SMILES string of the molecule is CC(CCc1ccccc1)NC(=O)CSc1nnc(-c2cccs2)n1Cc1ccccc1. The van der Waals surface area contributed by atoms with Crippen molar-refractivity contribution >= 4 is 29.0 Å². The third-order valence-corrected chi connectivity index (χ3v) is 6.92. The normalized spacial score (nSPS) is 11.9. The van der Waals surface area contributed by atoms with Crippen molar-refractivity contribution in [3.8, 4) is 10.7 Å². The number of nitrogens with zero attached hydrogens (tertiary/aromatic N) is 3. The zero-order valence-electron chi connectivity index (χ0n) is 18.0. The Bertz CT molecular complexity index is 1110. The van der Waals surface area contributed by atoms with E-state index >= 15 is 0 Å². The van der Waals surface area contributed by atoms with E-state index in [0.717, 1.165) is 28.7 Å². The highest BCUT2D eigenvalue weighted by atomic mass is 32.2. The van der Waals surface area contributed by atoms with Crippen LogP contribution >= 0.6 is 23.1 Å². The summed E-state index contributed by atoms with van der Waals surface area (Å²) in [4.78, 5) is 13.6. The van der Waals surface area contributed by atoms with Crippen LogP contribution in [0.15, 0.2) is 83.3 Å². The minimum absolute atomic E-state index is 0.0162. The van der Waals surface area contributed by atoms with Crippen LogP contribution in [-0.2, 0) is 17.8 Å². The van der Waals surface area contributed by atoms with E-state index in [1.165, 1.54) is 22.9 Å². The number of aromatic nitrogens is 3. The van der Waals surface area contributed by atoms with E-state index in [2.05, 4.69) is 51.3 Å². The average Bonchev–Trinajstić information content (AvgIpc) is 3.48. The molecular formula is C25H26N4OS2. The molecule has 1 atom stereocenters. The number of amides is 1. The fourth-order valence-corrected chi connectivity index (χ4v) is 4.90. The lowest BCUT2D eigenvalue weighted by Crippen LogP contribution is -2.34. The van der Waals surface area contributed by atoms with Crippen molar-refractivity contribution in [1.82, 2.24) is 20.1 Å². The molecule has 4 aromatic rings. The lowest BCUT2D eigenvalue weighted by molar-refractivity contribution is -0.119. The molecule has 4 rings (SSSR count). The van der Waals surface area contributed by atoms with Crippen molar-refractivity contribution in [3.05, 3.63) is 89.3 Å². The van der Waals surface area contributed by atoms with Gasteiger partial charge in [0, 0.05) is 6.04 Å². The molecule has 1 unspecified atom stereocenters. The summed E-state index contributed by atoms with van der Waals surface area (Å²) in [6.07, 6.45) is 1.86. The number of thioether (sulfide) groups is 1. The van der Waals surface area contributed by atoms with E-state index in [-0.39, 0.29) is 11.9 Å². The molecule has 0 aliphatic carbocycles. The summed E-state index contributed by atoms with van der Waals surface area (Å²) < 4.78 is 2.10. The number of carbonyl (C=O) groups excluding carboxylic acids is 1. The van der Waals surface area contributed by atoms with Crippen LogP contribution in [0.5, 0.6) is 0 Å². The molecule has 1 N–H and O–H groups in total. The molecule has 0 saturated heterocycles. The molecule has 1 amide bonds. The minimum Gasteiger partial charge on any atom is -0.353 e. The Labute approximate surface area is 196 Å². The zero-order valence-corrected chi connectivity index (χ0v) is 19.6. The topological polar surface area (TPSA) is 59.8 Å². The molecule has 0 bridgehead atoms. The minimum atomic E-state index is 0.0162. The zero-order chi connectivity index (χ0) is 22.2. The second-order valence-electron chi connectivity index (χ2n) is 7.64. The first-order valence-corrected chi connectivity index (χ1v) is 12.5. The Hall–Kier alpha value is -2.90. The number of rotatable bonds is 10. The van der Waals surface area contributed by atoms with Gasteiger partial charge in [0.15, 0.2) is 11.0 Å². The predicted octanol–water partition coefficient (Wildman–Crippen LogP) is 5.28. The summed E-state index contributed by atoms with van der Waals surface area (Å²) in [6, 6.07) is 24.8. The highest BCUT2D eigenvalue weighted by molar-refractivity contribution is 7.99. The van der Waals surface area contributed by atoms with E-state index < -0.39 is 0 Å². The van der Waals surface area contributed by atoms with E-state index in [1.54, 1.807) is 11.3 Å². The van der Waals surface area contributed by atoms with E-state index in [9.17, 15) is 4.79 Å². The van der Waals surface area contributed by atoms with Crippen LogP contribution in [0, 0.1) is 0 Å². The summed E-state index contributed by atoms with van der Waals surface area (Å²) in [5, 5.41) is 14.7. The molecule has 0 aliphatic rings. The van der Waals surface area contributed by atoms with Gasteiger partial charge in [0.1, 0.15) is 0 Å². The molecule has 0 radical (unpaired) electrons. The summed E-state index contributed by atoms with van der Waals surface area (Å²) in [5.41, 5.74) is 2.46.